The summed E-state index contributed by atoms with van der Waals surface area (Å²) >= 11 is 12.1. The quantitative estimate of drug-likeness (QED) is 0.735. The minimum atomic E-state index is -0.0899. The van der Waals surface area contributed by atoms with Crippen molar-refractivity contribution in [1.82, 2.24) is 0 Å². The van der Waals surface area contributed by atoms with Crippen molar-refractivity contribution >= 4 is 23.2 Å². The normalized spacial score (nSPS) is 21.6. The van der Waals surface area contributed by atoms with Gasteiger partial charge < -0.3 is 5.73 Å². The molecule has 1 nitrogen and oxygen atoms in total. The SMILES string of the molecule is NC(/C1=C/CCCCCC1)c1ccc(Cl)cc1Cl. The molecule has 98 valence electrons. The molecule has 0 amide bonds. The second-order valence-corrected chi connectivity index (χ2v) is 5.72. The van der Waals surface area contributed by atoms with E-state index in [1.807, 2.05) is 12.1 Å². The largest absolute Gasteiger partial charge is 0.321 e. The highest BCUT2D eigenvalue weighted by atomic mass is 35.5. The van der Waals surface area contributed by atoms with Gasteiger partial charge in [-0.05, 0) is 43.4 Å². The van der Waals surface area contributed by atoms with Crippen molar-refractivity contribution in [3.05, 3.63) is 45.5 Å². The number of benzene rings is 1. The maximum atomic E-state index is 6.35. The second-order valence-electron chi connectivity index (χ2n) is 4.88. The summed E-state index contributed by atoms with van der Waals surface area (Å²) in [6, 6.07) is 5.47. The summed E-state index contributed by atoms with van der Waals surface area (Å²) < 4.78 is 0. The van der Waals surface area contributed by atoms with Crippen molar-refractivity contribution in [2.24, 2.45) is 5.73 Å². The molecule has 2 N–H and O–H groups in total. The number of rotatable bonds is 2. The Morgan fingerprint density at radius 2 is 1.83 bits per heavy atom. The van der Waals surface area contributed by atoms with Crippen molar-refractivity contribution in [2.45, 2.75) is 44.6 Å². The molecule has 0 fully saturated rings. The van der Waals surface area contributed by atoms with Crippen molar-refractivity contribution in [1.29, 1.82) is 0 Å². The molecular weight excluding hydrogens is 265 g/mol. The highest BCUT2D eigenvalue weighted by Gasteiger charge is 2.15. The van der Waals surface area contributed by atoms with Crippen LogP contribution in [0.15, 0.2) is 29.8 Å². The summed E-state index contributed by atoms with van der Waals surface area (Å²) in [5, 5.41) is 1.32. The lowest BCUT2D eigenvalue weighted by Gasteiger charge is -2.20. The maximum absolute atomic E-state index is 6.35. The van der Waals surface area contributed by atoms with Gasteiger partial charge in [-0.25, -0.2) is 0 Å². The molecule has 0 spiro atoms. The van der Waals surface area contributed by atoms with Gasteiger partial charge in [-0.3, -0.25) is 0 Å². The number of hydrogen-bond donors (Lipinski definition) is 1. The third kappa shape index (κ3) is 3.50. The van der Waals surface area contributed by atoms with E-state index in [4.69, 9.17) is 28.9 Å². The molecule has 0 heterocycles. The first kappa shape index (κ1) is 13.9. The topological polar surface area (TPSA) is 26.0 Å². The predicted molar refractivity (Wildman–Crippen MR) is 79.2 cm³/mol. The van der Waals surface area contributed by atoms with E-state index in [-0.39, 0.29) is 6.04 Å². The summed E-state index contributed by atoms with van der Waals surface area (Å²) in [5.41, 5.74) is 8.64. The van der Waals surface area contributed by atoms with E-state index >= 15 is 0 Å². The van der Waals surface area contributed by atoms with Crippen LogP contribution in [-0.2, 0) is 0 Å². The summed E-state index contributed by atoms with van der Waals surface area (Å²) in [6.07, 6.45) is 9.65. The van der Waals surface area contributed by atoms with Crippen molar-refractivity contribution in [2.75, 3.05) is 0 Å². The first-order valence-electron chi connectivity index (χ1n) is 6.58. The number of nitrogens with two attached hydrogens (primary N) is 1. The molecule has 0 saturated heterocycles. The lowest BCUT2D eigenvalue weighted by molar-refractivity contribution is 0.602. The van der Waals surface area contributed by atoms with Gasteiger partial charge in [0.15, 0.2) is 0 Å². The van der Waals surface area contributed by atoms with E-state index in [1.165, 1.54) is 31.3 Å². The van der Waals surface area contributed by atoms with Crippen LogP contribution < -0.4 is 5.73 Å². The van der Waals surface area contributed by atoms with Crippen LogP contribution in [0.5, 0.6) is 0 Å². The maximum Gasteiger partial charge on any atom is 0.0525 e. The van der Waals surface area contributed by atoms with Gasteiger partial charge in [0.2, 0.25) is 0 Å². The molecule has 1 aromatic rings. The lowest BCUT2D eigenvalue weighted by atomic mass is 9.91. The fourth-order valence-corrected chi connectivity index (χ4v) is 2.98. The van der Waals surface area contributed by atoms with Crippen molar-refractivity contribution in [3.8, 4) is 0 Å². The van der Waals surface area contributed by atoms with Gasteiger partial charge in [-0.2, -0.15) is 0 Å². The van der Waals surface area contributed by atoms with E-state index in [0.29, 0.717) is 10.0 Å². The summed E-state index contributed by atoms with van der Waals surface area (Å²) in [5.74, 6) is 0. The van der Waals surface area contributed by atoms with Crippen molar-refractivity contribution in [3.63, 3.8) is 0 Å². The highest BCUT2D eigenvalue weighted by molar-refractivity contribution is 6.35. The molecule has 18 heavy (non-hydrogen) atoms. The average molecular weight is 284 g/mol. The zero-order valence-electron chi connectivity index (χ0n) is 10.5. The number of halogens is 2. The fourth-order valence-electron chi connectivity index (χ4n) is 2.45. The fraction of sp³-hybridized carbons (Fsp3) is 0.467. The first-order valence-corrected chi connectivity index (χ1v) is 7.33. The van der Waals surface area contributed by atoms with Crippen LogP contribution in [-0.4, -0.2) is 0 Å². The molecule has 0 radical (unpaired) electrons. The Balaban J connectivity index is 2.20. The second kappa shape index (κ2) is 6.60. The van der Waals surface area contributed by atoms with Crippen LogP contribution in [0.1, 0.15) is 50.1 Å². The van der Waals surface area contributed by atoms with E-state index in [1.54, 1.807) is 6.07 Å². The van der Waals surface area contributed by atoms with Gasteiger partial charge in [-0.15, -0.1) is 0 Å². The lowest BCUT2D eigenvalue weighted by Crippen LogP contribution is -2.14. The van der Waals surface area contributed by atoms with Gasteiger partial charge in [0.25, 0.3) is 0 Å². The molecule has 1 aliphatic carbocycles. The highest BCUT2D eigenvalue weighted by Crippen LogP contribution is 2.32. The third-order valence-corrected chi connectivity index (χ3v) is 4.09. The summed E-state index contributed by atoms with van der Waals surface area (Å²) in [6.45, 7) is 0. The van der Waals surface area contributed by atoms with E-state index in [2.05, 4.69) is 6.08 Å². The van der Waals surface area contributed by atoms with Gasteiger partial charge >= 0.3 is 0 Å². The Kier molecular flexibility index (Phi) is 5.11. The Hall–Kier alpha value is -0.500. The number of allylic oxidation sites excluding steroid dienone is 1. The van der Waals surface area contributed by atoms with Gasteiger partial charge in [0.1, 0.15) is 0 Å². The molecule has 0 saturated carbocycles. The molecule has 1 atom stereocenters. The molecule has 2 rings (SSSR count). The van der Waals surface area contributed by atoms with Crippen LogP contribution in [0.2, 0.25) is 10.0 Å². The molecular formula is C15H19Cl2N. The minimum absolute atomic E-state index is 0.0899. The average Bonchev–Trinajstić information content (AvgIpc) is 2.27. The van der Waals surface area contributed by atoms with Crippen molar-refractivity contribution < 1.29 is 0 Å². The van der Waals surface area contributed by atoms with Crippen LogP contribution in [0.4, 0.5) is 0 Å². The Bertz CT molecular complexity index is 440. The molecule has 1 unspecified atom stereocenters. The first-order chi connectivity index (χ1) is 8.68. The van der Waals surface area contributed by atoms with E-state index in [9.17, 15) is 0 Å². The third-order valence-electron chi connectivity index (χ3n) is 3.52. The van der Waals surface area contributed by atoms with Gasteiger partial charge in [0, 0.05) is 10.0 Å². The molecule has 1 aliphatic rings. The number of hydrogen-bond acceptors (Lipinski definition) is 1. The molecule has 0 aliphatic heterocycles. The Morgan fingerprint density at radius 3 is 2.61 bits per heavy atom. The van der Waals surface area contributed by atoms with E-state index in [0.717, 1.165) is 18.4 Å². The monoisotopic (exact) mass is 283 g/mol. The summed E-state index contributed by atoms with van der Waals surface area (Å²) in [7, 11) is 0. The standard InChI is InChI=1S/C15H19Cl2N/c16-12-8-9-13(14(17)10-12)15(18)11-6-4-2-1-3-5-7-11/h6,8-10,15H,1-5,7,18H2/b11-6+. The molecule has 0 aromatic heterocycles. The van der Waals surface area contributed by atoms with E-state index < -0.39 is 0 Å². The predicted octanol–water partition coefficient (Wildman–Crippen LogP) is 5.27. The smallest absolute Gasteiger partial charge is 0.0525 e. The summed E-state index contributed by atoms with van der Waals surface area (Å²) in [4.78, 5) is 0. The van der Waals surface area contributed by atoms with Gasteiger partial charge in [0.05, 0.1) is 6.04 Å². The molecule has 1 aromatic carbocycles. The minimum Gasteiger partial charge on any atom is -0.321 e. The zero-order valence-corrected chi connectivity index (χ0v) is 12.0. The van der Waals surface area contributed by atoms with Crippen LogP contribution in [0, 0.1) is 0 Å². The van der Waals surface area contributed by atoms with Gasteiger partial charge in [-0.1, -0.05) is 53.8 Å². The Morgan fingerprint density at radius 1 is 1.06 bits per heavy atom. The molecule has 3 heteroatoms. The van der Waals surface area contributed by atoms with Crippen LogP contribution in [0.3, 0.4) is 0 Å². The molecule has 0 bridgehead atoms. The van der Waals surface area contributed by atoms with Crippen LogP contribution >= 0.6 is 23.2 Å². The van der Waals surface area contributed by atoms with Crippen LogP contribution in [0.25, 0.3) is 0 Å². The Labute approximate surface area is 119 Å². The zero-order chi connectivity index (χ0) is 13.0.